The van der Waals surface area contributed by atoms with Gasteiger partial charge in [-0.05, 0) is 29.7 Å². The second-order valence-electron chi connectivity index (χ2n) is 4.36. The van der Waals surface area contributed by atoms with E-state index in [2.05, 4.69) is 6.92 Å². The van der Waals surface area contributed by atoms with Gasteiger partial charge in [0.25, 0.3) is 0 Å². The van der Waals surface area contributed by atoms with Crippen molar-refractivity contribution in [3.05, 3.63) is 21.3 Å². The van der Waals surface area contributed by atoms with E-state index in [1.54, 1.807) is 11.3 Å². The predicted octanol–water partition coefficient (Wildman–Crippen LogP) is 5.26. The number of thiophene rings is 1. The van der Waals surface area contributed by atoms with E-state index in [-0.39, 0.29) is 10.8 Å². The third kappa shape index (κ3) is 1.82. The van der Waals surface area contributed by atoms with Crippen LogP contribution in [0.5, 0.6) is 0 Å². The summed E-state index contributed by atoms with van der Waals surface area (Å²) in [5.74, 6) is 0. The SMILES string of the molecule is CC1(C(Cl)c2sccc2Cl)CCCC1. The molecule has 0 N–H and O–H groups in total. The summed E-state index contributed by atoms with van der Waals surface area (Å²) in [6.07, 6.45) is 5.08. The number of hydrogen-bond acceptors (Lipinski definition) is 1. The first-order valence-corrected chi connectivity index (χ1v) is 6.70. The second kappa shape index (κ2) is 4.03. The molecule has 2 rings (SSSR count). The summed E-state index contributed by atoms with van der Waals surface area (Å²) in [7, 11) is 0. The lowest BCUT2D eigenvalue weighted by Gasteiger charge is -2.28. The summed E-state index contributed by atoms with van der Waals surface area (Å²) in [6.45, 7) is 2.29. The monoisotopic (exact) mass is 248 g/mol. The Morgan fingerprint density at radius 2 is 2.07 bits per heavy atom. The van der Waals surface area contributed by atoms with Gasteiger partial charge in [0.05, 0.1) is 10.4 Å². The Bertz CT molecular complexity index is 313. The van der Waals surface area contributed by atoms with Crippen LogP contribution < -0.4 is 0 Å². The van der Waals surface area contributed by atoms with Crippen molar-refractivity contribution in [2.45, 2.75) is 38.0 Å². The molecule has 3 heteroatoms. The smallest absolute Gasteiger partial charge is 0.0746 e. The largest absolute Gasteiger partial charge is 0.146 e. The standard InChI is InChI=1S/C11H14Cl2S/c1-11(5-2-3-6-11)10(13)9-8(12)4-7-14-9/h4,7,10H,2-3,5-6H2,1H3. The van der Waals surface area contributed by atoms with E-state index >= 15 is 0 Å². The summed E-state index contributed by atoms with van der Waals surface area (Å²) < 4.78 is 0. The van der Waals surface area contributed by atoms with E-state index in [4.69, 9.17) is 23.2 Å². The lowest BCUT2D eigenvalue weighted by atomic mass is 9.84. The van der Waals surface area contributed by atoms with E-state index in [9.17, 15) is 0 Å². The Morgan fingerprint density at radius 3 is 2.57 bits per heavy atom. The zero-order chi connectivity index (χ0) is 10.2. The fraction of sp³-hybridized carbons (Fsp3) is 0.636. The van der Waals surface area contributed by atoms with Crippen molar-refractivity contribution >= 4 is 34.5 Å². The molecule has 1 atom stereocenters. The molecule has 0 bridgehead atoms. The first-order valence-electron chi connectivity index (χ1n) is 5.00. The molecule has 1 heterocycles. The molecular formula is C11H14Cl2S. The van der Waals surface area contributed by atoms with Crippen LogP contribution in [0.25, 0.3) is 0 Å². The average molecular weight is 249 g/mol. The lowest BCUT2D eigenvalue weighted by molar-refractivity contribution is 0.324. The van der Waals surface area contributed by atoms with Gasteiger partial charge in [-0.3, -0.25) is 0 Å². The maximum absolute atomic E-state index is 6.53. The molecule has 0 radical (unpaired) electrons. The van der Waals surface area contributed by atoms with E-state index in [0.717, 1.165) is 9.90 Å². The minimum atomic E-state index is 0.0949. The van der Waals surface area contributed by atoms with E-state index in [1.165, 1.54) is 25.7 Å². The molecule has 14 heavy (non-hydrogen) atoms. The molecule has 78 valence electrons. The number of hydrogen-bond donors (Lipinski definition) is 0. The van der Waals surface area contributed by atoms with E-state index < -0.39 is 0 Å². The van der Waals surface area contributed by atoms with Gasteiger partial charge in [0, 0.05) is 4.88 Å². The van der Waals surface area contributed by atoms with E-state index in [1.807, 2.05) is 11.4 Å². The summed E-state index contributed by atoms with van der Waals surface area (Å²) >= 11 is 14.3. The van der Waals surface area contributed by atoms with Crippen LogP contribution in [0, 0.1) is 5.41 Å². The van der Waals surface area contributed by atoms with Gasteiger partial charge in [-0.25, -0.2) is 0 Å². The van der Waals surface area contributed by atoms with Gasteiger partial charge < -0.3 is 0 Å². The summed E-state index contributed by atoms with van der Waals surface area (Å²) in [6, 6.07) is 1.94. The molecule has 1 aromatic heterocycles. The number of alkyl halides is 1. The van der Waals surface area contributed by atoms with Gasteiger partial charge in [-0.1, -0.05) is 31.4 Å². The quantitative estimate of drug-likeness (QED) is 0.627. The fourth-order valence-corrected chi connectivity index (χ4v) is 4.10. The van der Waals surface area contributed by atoms with Crippen molar-refractivity contribution in [2.24, 2.45) is 5.41 Å². The Hall–Kier alpha value is 0.280. The maximum Gasteiger partial charge on any atom is 0.0746 e. The van der Waals surface area contributed by atoms with Gasteiger partial charge >= 0.3 is 0 Å². The molecule has 0 spiro atoms. The van der Waals surface area contributed by atoms with Crippen LogP contribution in [0.2, 0.25) is 5.02 Å². The van der Waals surface area contributed by atoms with Gasteiger partial charge in [-0.2, -0.15) is 0 Å². The minimum Gasteiger partial charge on any atom is -0.146 e. The molecule has 0 saturated heterocycles. The third-order valence-corrected chi connectivity index (χ3v) is 5.53. The highest BCUT2D eigenvalue weighted by Gasteiger charge is 2.38. The Kier molecular flexibility index (Phi) is 3.11. The zero-order valence-corrected chi connectivity index (χ0v) is 10.6. The molecule has 1 aliphatic rings. The lowest BCUT2D eigenvalue weighted by Crippen LogP contribution is -2.17. The van der Waals surface area contributed by atoms with Crippen molar-refractivity contribution in [1.29, 1.82) is 0 Å². The normalized spacial score (nSPS) is 22.5. The molecule has 0 aromatic carbocycles. The van der Waals surface area contributed by atoms with Gasteiger partial charge in [0.2, 0.25) is 0 Å². The molecule has 1 unspecified atom stereocenters. The van der Waals surface area contributed by atoms with Gasteiger partial charge in [-0.15, -0.1) is 22.9 Å². The summed E-state index contributed by atoms with van der Waals surface area (Å²) in [5, 5.41) is 2.95. The molecule has 0 aliphatic heterocycles. The molecule has 1 saturated carbocycles. The number of halogens is 2. The minimum absolute atomic E-state index is 0.0949. The van der Waals surface area contributed by atoms with Crippen molar-refractivity contribution in [3.8, 4) is 0 Å². The van der Waals surface area contributed by atoms with Crippen LogP contribution in [0.15, 0.2) is 11.4 Å². The molecular weight excluding hydrogens is 235 g/mol. The molecule has 0 amide bonds. The van der Waals surface area contributed by atoms with Crippen molar-refractivity contribution in [1.82, 2.24) is 0 Å². The van der Waals surface area contributed by atoms with Crippen molar-refractivity contribution in [2.75, 3.05) is 0 Å². The van der Waals surface area contributed by atoms with Crippen LogP contribution in [0.3, 0.4) is 0 Å². The predicted molar refractivity (Wildman–Crippen MR) is 64.5 cm³/mol. The highest BCUT2D eigenvalue weighted by Crippen LogP contribution is 2.52. The first-order chi connectivity index (χ1) is 6.63. The molecule has 0 nitrogen and oxygen atoms in total. The topological polar surface area (TPSA) is 0 Å². The Balaban J connectivity index is 2.23. The molecule has 1 aliphatic carbocycles. The summed E-state index contributed by atoms with van der Waals surface area (Å²) in [5.41, 5.74) is 0.260. The maximum atomic E-state index is 6.53. The van der Waals surface area contributed by atoms with Crippen LogP contribution in [0.4, 0.5) is 0 Å². The first kappa shape index (κ1) is 10.8. The van der Waals surface area contributed by atoms with Crippen LogP contribution >= 0.6 is 34.5 Å². The van der Waals surface area contributed by atoms with Crippen molar-refractivity contribution in [3.63, 3.8) is 0 Å². The van der Waals surface area contributed by atoms with Crippen LogP contribution in [-0.4, -0.2) is 0 Å². The van der Waals surface area contributed by atoms with Crippen LogP contribution in [-0.2, 0) is 0 Å². The van der Waals surface area contributed by atoms with Gasteiger partial charge in [0.15, 0.2) is 0 Å². The van der Waals surface area contributed by atoms with E-state index in [0.29, 0.717) is 0 Å². The van der Waals surface area contributed by atoms with Gasteiger partial charge in [0.1, 0.15) is 0 Å². The molecule has 1 fully saturated rings. The highest BCUT2D eigenvalue weighted by atomic mass is 35.5. The van der Waals surface area contributed by atoms with Crippen LogP contribution in [0.1, 0.15) is 42.9 Å². The fourth-order valence-electron chi connectivity index (χ4n) is 2.24. The molecule has 1 aromatic rings. The number of rotatable bonds is 2. The third-order valence-electron chi connectivity index (χ3n) is 3.23. The zero-order valence-electron chi connectivity index (χ0n) is 8.22. The average Bonchev–Trinajstić information content (AvgIpc) is 2.74. The second-order valence-corrected chi connectivity index (χ2v) is 6.15. The Morgan fingerprint density at radius 1 is 1.43 bits per heavy atom. The van der Waals surface area contributed by atoms with Crippen molar-refractivity contribution < 1.29 is 0 Å². The summed E-state index contributed by atoms with van der Waals surface area (Å²) in [4.78, 5) is 1.15. The Labute approximate surface area is 99.2 Å². The highest BCUT2D eigenvalue weighted by molar-refractivity contribution is 7.11.